The van der Waals surface area contributed by atoms with Gasteiger partial charge in [-0.3, -0.25) is 0 Å². The summed E-state index contributed by atoms with van der Waals surface area (Å²) in [5.41, 5.74) is 0.419. The Morgan fingerprint density at radius 2 is 2.05 bits per heavy atom. The summed E-state index contributed by atoms with van der Waals surface area (Å²) in [6, 6.07) is 5.46. The average molecular weight is 316 g/mol. The lowest BCUT2D eigenvalue weighted by molar-refractivity contribution is 0.0277. The molecule has 3 nitrogen and oxygen atoms in total. The van der Waals surface area contributed by atoms with Gasteiger partial charge < -0.3 is 10.0 Å². The molecule has 0 heterocycles. The molecular formula is C15H19Cl2NO2. The van der Waals surface area contributed by atoms with Gasteiger partial charge >= 0.3 is 6.09 Å². The minimum absolute atomic E-state index is 0.245. The Morgan fingerprint density at radius 1 is 1.35 bits per heavy atom. The van der Waals surface area contributed by atoms with Gasteiger partial charge in [-0.15, -0.1) is 0 Å². The number of hydrogen-bond donors (Lipinski definition) is 1. The van der Waals surface area contributed by atoms with E-state index in [9.17, 15) is 9.90 Å². The quantitative estimate of drug-likeness (QED) is 0.833. The van der Waals surface area contributed by atoms with E-state index >= 15 is 0 Å². The van der Waals surface area contributed by atoms with E-state index in [1.807, 2.05) is 12.1 Å². The predicted octanol–water partition coefficient (Wildman–Crippen LogP) is 5.01. The van der Waals surface area contributed by atoms with Gasteiger partial charge in [-0.25, -0.2) is 4.79 Å². The second kappa shape index (κ2) is 5.82. The molecule has 0 saturated heterocycles. The summed E-state index contributed by atoms with van der Waals surface area (Å²) in [6.45, 7) is 2.11. The molecule has 2 unspecified atom stereocenters. The Labute approximate surface area is 129 Å². The first-order chi connectivity index (χ1) is 9.39. The van der Waals surface area contributed by atoms with Crippen LogP contribution in [0.4, 0.5) is 4.79 Å². The highest BCUT2D eigenvalue weighted by Gasteiger charge is 2.45. The first-order valence-corrected chi connectivity index (χ1v) is 7.57. The molecule has 1 fully saturated rings. The van der Waals surface area contributed by atoms with Crippen molar-refractivity contribution < 1.29 is 9.90 Å². The monoisotopic (exact) mass is 315 g/mol. The molecule has 20 heavy (non-hydrogen) atoms. The number of hydrogen-bond acceptors (Lipinski definition) is 1. The van der Waals surface area contributed by atoms with Gasteiger partial charge in [-0.1, -0.05) is 49.0 Å². The average Bonchev–Trinajstić information content (AvgIpc) is 2.42. The van der Waals surface area contributed by atoms with Crippen LogP contribution in [0.25, 0.3) is 0 Å². The van der Waals surface area contributed by atoms with Gasteiger partial charge in [-0.05, 0) is 36.5 Å². The van der Waals surface area contributed by atoms with Gasteiger partial charge in [0.25, 0.3) is 0 Å². The van der Waals surface area contributed by atoms with Crippen LogP contribution in [0, 0.1) is 5.92 Å². The first-order valence-electron chi connectivity index (χ1n) is 6.82. The summed E-state index contributed by atoms with van der Waals surface area (Å²) < 4.78 is 0. The molecule has 0 radical (unpaired) electrons. The van der Waals surface area contributed by atoms with E-state index in [1.165, 1.54) is 4.90 Å². The van der Waals surface area contributed by atoms with Crippen molar-refractivity contribution in [3.63, 3.8) is 0 Å². The summed E-state index contributed by atoms with van der Waals surface area (Å²) in [6.07, 6.45) is 3.07. The summed E-state index contributed by atoms with van der Waals surface area (Å²) in [7, 11) is 1.65. The van der Waals surface area contributed by atoms with Gasteiger partial charge in [0, 0.05) is 7.05 Å². The standard InChI is InChI=1S/C15H19Cl2NO2/c1-10-5-3-4-8-15(10,18(2)14(19)20)11-6-7-12(16)13(17)9-11/h6-7,9-10H,3-5,8H2,1-2H3,(H,19,20). The van der Waals surface area contributed by atoms with Crippen molar-refractivity contribution in [2.75, 3.05) is 7.05 Å². The topological polar surface area (TPSA) is 40.5 Å². The van der Waals surface area contributed by atoms with Crippen molar-refractivity contribution in [2.24, 2.45) is 5.92 Å². The molecule has 0 spiro atoms. The highest BCUT2D eigenvalue weighted by molar-refractivity contribution is 6.42. The molecule has 0 aromatic heterocycles. The number of amides is 1. The molecule has 1 aliphatic carbocycles. The molecule has 0 aliphatic heterocycles. The normalized spacial score (nSPS) is 26.3. The Balaban J connectivity index is 2.55. The summed E-state index contributed by atoms with van der Waals surface area (Å²) in [5.74, 6) is 0.245. The van der Waals surface area contributed by atoms with E-state index in [-0.39, 0.29) is 5.92 Å². The van der Waals surface area contributed by atoms with Crippen molar-refractivity contribution in [3.05, 3.63) is 33.8 Å². The summed E-state index contributed by atoms with van der Waals surface area (Å²) in [5, 5.41) is 10.4. The second-order valence-electron chi connectivity index (χ2n) is 5.54. The Morgan fingerprint density at radius 3 is 2.60 bits per heavy atom. The van der Waals surface area contributed by atoms with Gasteiger partial charge in [0.2, 0.25) is 0 Å². The molecule has 1 aliphatic rings. The Kier molecular flexibility index (Phi) is 4.50. The van der Waals surface area contributed by atoms with E-state index in [2.05, 4.69) is 6.92 Å². The fraction of sp³-hybridized carbons (Fsp3) is 0.533. The molecule has 1 amide bonds. The third kappa shape index (κ3) is 2.49. The van der Waals surface area contributed by atoms with Crippen LogP contribution in [0.3, 0.4) is 0 Å². The molecule has 0 bridgehead atoms. The van der Waals surface area contributed by atoms with E-state index < -0.39 is 11.6 Å². The van der Waals surface area contributed by atoms with Gasteiger partial charge in [0.15, 0.2) is 0 Å². The summed E-state index contributed by atoms with van der Waals surface area (Å²) in [4.78, 5) is 13.0. The van der Waals surface area contributed by atoms with Crippen LogP contribution < -0.4 is 0 Å². The number of halogens is 2. The summed E-state index contributed by atoms with van der Waals surface area (Å²) >= 11 is 12.1. The first kappa shape index (κ1) is 15.5. The molecule has 2 rings (SSSR count). The maximum absolute atomic E-state index is 11.5. The van der Waals surface area contributed by atoms with Crippen LogP contribution >= 0.6 is 23.2 Å². The highest BCUT2D eigenvalue weighted by atomic mass is 35.5. The molecule has 5 heteroatoms. The van der Waals surface area contributed by atoms with Crippen molar-refractivity contribution in [3.8, 4) is 0 Å². The van der Waals surface area contributed by atoms with Crippen molar-refractivity contribution in [1.82, 2.24) is 4.90 Å². The number of carboxylic acid groups (broad SMARTS) is 1. The lowest BCUT2D eigenvalue weighted by Gasteiger charge is -2.48. The van der Waals surface area contributed by atoms with E-state index in [0.29, 0.717) is 10.0 Å². The molecule has 2 atom stereocenters. The minimum Gasteiger partial charge on any atom is -0.465 e. The van der Waals surface area contributed by atoms with Crippen LogP contribution in [-0.4, -0.2) is 23.1 Å². The minimum atomic E-state index is -0.912. The van der Waals surface area contributed by atoms with Crippen molar-refractivity contribution in [1.29, 1.82) is 0 Å². The van der Waals surface area contributed by atoms with Crippen LogP contribution in [0.2, 0.25) is 10.0 Å². The van der Waals surface area contributed by atoms with E-state index in [1.54, 1.807) is 13.1 Å². The number of nitrogens with zero attached hydrogens (tertiary/aromatic N) is 1. The largest absolute Gasteiger partial charge is 0.465 e. The molecule has 1 aromatic rings. The van der Waals surface area contributed by atoms with Gasteiger partial charge in [0.05, 0.1) is 15.6 Å². The van der Waals surface area contributed by atoms with Crippen LogP contribution in [0.15, 0.2) is 18.2 Å². The van der Waals surface area contributed by atoms with Crippen molar-refractivity contribution >= 4 is 29.3 Å². The SMILES string of the molecule is CC1CCCCC1(c1ccc(Cl)c(Cl)c1)N(C)C(=O)O. The van der Waals surface area contributed by atoms with Gasteiger partial charge in [0.1, 0.15) is 0 Å². The number of carbonyl (C=O) groups is 1. The maximum Gasteiger partial charge on any atom is 0.407 e. The van der Waals surface area contributed by atoms with E-state index in [0.717, 1.165) is 31.2 Å². The molecular weight excluding hydrogens is 297 g/mol. The van der Waals surface area contributed by atoms with Crippen LogP contribution in [0.1, 0.15) is 38.2 Å². The smallest absolute Gasteiger partial charge is 0.407 e. The molecule has 110 valence electrons. The lowest BCUT2D eigenvalue weighted by atomic mass is 9.69. The Bertz CT molecular complexity index is 521. The highest BCUT2D eigenvalue weighted by Crippen LogP contribution is 2.46. The fourth-order valence-corrected chi connectivity index (χ4v) is 3.69. The van der Waals surface area contributed by atoms with Crippen LogP contribution in [-0.2, 0) is 5.54 Å². The van der Waals surface area contributed by atoms with Crippen LogP contribution in [0.5, 0.6) is 0 Å². The third-order valence-electron chi connectivity index (χ3n) is 4.57. The maximum atomic E-state index is 11.5. The van der Waals surface area contributed by atoms with E-state index in [4.69, 9.17) is 23.2 Å². The Hall–Kier alpha value is -0.930. The molecule has 1 aromatic carbocycles. The zero-order valence-corrected chi connectivity index (χ0v) is 13.2. The van der Waals surface area contributed by atoms with Gasteiger partial charge in [-0.2, -0.15) is 0 Å². The zero-order valence-electron chi connectivity index (χ0n) is 11.7. The van der Waals surface area contributed by atoms with Crippen molar-refractivity contribution in [2.45, 2.75) is 38.1 Å². The second-order valence-corrected chi connectivity index (χ2v) is 6.36. The molecule has 1 saturated carbocycles. The lowest BCUT2D eigenvalue weighted by Crippen LogP contribution is -2.52. The zero-order chi connectivity index (χ0) is 14.9. The number of rotatable bonds is 2. The predicted molar refractivity (Wildman–Crippen MR) is 81.6 cm³/mol. The third-order valence-corrected chi connectivity index (χ3v) is 5.30. The molecule has 1 N–H and O–H groups in total. The fourth-order valence-electron chi connectivity index (χ4n) is 3.39. The number of benzene rings is 1.